The Morgan fingerprint density at radius 2 is 1.73 bits per heavy atom. The Kier molecular flexibility index (Phi) is 7.47. The Morgan fingerprint density at radius 3 is 2.43 bits per heavy atom. The van der Waals surface area contributed by atoms with Crippen molar-refractivity contribution in [2.45, 2.75) is 24.2 Å². The average molecular weight is 602 g/mol. The maximum atomic E-state index is 13.6. The molecule has 1 aliphatic heterocycles. The number of rotatable bonds is 6. The molecule has 2 heterocycles. The van der Waals surface area contributed by atoms with Crippen molar-refractivity contribution in [3.05, 3.63) is 88.1 Å². The fraction of sp³-hybridized carbons (Fsp3) is 0.192. The van der Waals surface area contributed by atoms with Crippen molar-refractivity contribution in [2.75, 3.05) is 18.1 Å². The molecule has 0 N–H and O–H groups in total. The number of halogens is 2. The molecule has 1 aliphatic rings. The summed E-state index contributed by atoms with van der Waals surface area (Å²) >= 11 is 4.74. The van der Waals surface area contributed by atoms with Crippen molar-refractivity contribution in [2.24, 2.45) is 5.10 Å². The standard InChI is InChI=1S/C26H22BrFN4O3S2/c27-20-8-13-23-24(16-20)36-26(30-23)32(29-17-18-4-9-21(28)10-5-18)25(33)19-6-11-22(12-7-19)37(34,35)31-14-2-1-3-15-31/h4-13,16-17H,1-3,14-15H2/b29-17+. The number of piperidine rings is 1. The number of hydrazone groups is 1. The number of hydrogen-bond donors (Lipinski definition) is 0. The van der Waals surface area contributed by atoms with E-state index in [1.165, 1.54) is 63.3 Å². The number of nitrogens with zero attached hydrogens (tertiary/aromatic N) is 4. The zero-order valence-corrected chi connectivity index (χ0v) is 22.8. The average Bonchev–Trinajstić information content (AvgIpc) is 3.33. The molecule has 37 heavy (non-hydrogen) atoms. The van der Waals surface area contributed by atoms with Gasteiger partial charge in [0.25, 0.3) is 5.91 Å². The smallest absolute Gasteiger partial charge is 0.267 e. The first-order valence-corrected chi connectivity index (χ1v) is 14.7. The van der Waals surface area contributed by atoms with Gasteiger partial charge in [0.05, 0.1) is 21.3 Å². The molecule has 0 bridgehead atoms. The third-order valence-corrected chi connectivity index (χ3v) is 9.36. The Hall–Kier alpha value is -2.99. The van der Waals surface area contributed by atoms with Gasteiger partial charge >= 0.3 is 0 Å². The second-order valence-corrected chi connectivity index (χ2v) is 12.4. The van der Waals surface area contributed by atoms with Crippen LogP contribution < -0.4 is 5.01 Å². The van der Waals surface area contributed by atoms with Gasteiger partial charge in [-0.05, 0) is 73.0 Å². The summed E-state index contributed by atoms with van der Waals surface area (Å²) in [5.41, 5.74) is 1.57. The quantitative estimate of drug-likeness (QED) is 0.199. The van der Waals surface area contributed by atoms with E-state index in [-0.39, 0.29) is 16.3 Å². The van der Waals surface area contributed by atoms with Gasteiger partial charge in [0.15, 0.2) is 0 Å². The largest absolute Gasteiger partial charge is 0.280 e. The van der Waals surface area contributed by atoms with Gasteiger partial charge in [0.1, 0.15) is 5.82 Å². The monoisotopic (exact) mass is 600 g/mol. The first-order valence-electron chi connectivity index (χ1n) is 11.6. The summed E-state index contributed by atoms with van der Waals surface area (Å²) in [6, 6.07) is 17.2. The maximum Gasteiger partial charge on any atom is 0.280 e. The molecule has 3 aromatic carbocycles. The van der Waals surface area contributed by atoms with Crippen molar-refractivity contribution in [1.82, 2.24) is 9.29 Å². The molecule has 1 saturated heterocycles. The number of hydrogen-bond acceptors (Lipinski definition) is 6. The normalized spacial score (nSPS) is 14.9. The lowest BCUT2D eigenvalue weighted by Gasteiger charge is -2.25. The molecule has 1 aromatic heterocycles. The van der Waals surface area contributed by atoms with Crippen molar-refractivity contribution in [3.63, 3.8) is 0 Å². The lowest BCUT2D eigenvalue weighted by Crippen LogP contribution is -2.35. The predicted octanol–water partition coefficient (Wildman–Crippen LogP) is 6.05. The van der Waals surface area contributed by atoms with Gasteiger partial charge in [-0.2, -0.15) is 14.4 Å². The number of carbonyl (C=O) groups excluding carboxylic acids is 1. The fourth-order valence-electron chi connectivity index (χ4n) is 3.98. The molecule has 1 fully saturated rings. The summed E-state index contributed by atoms with van der Waals surface area (Å²) in [5, 5.41) is 5.90. The van der Waals surface area contributed by atoms with Crippen LogP contribution in [0.15, 0.2) is 81.2 Å². The number of carbonyl (C=O) groups is 1. The topological polar surface area (TPSA) is 82.9 Å². The van der Waals surface area contributed by atoms with Crippen LogP contribution in [0.5, 0.6) is 0 Å². The van der Waals surface area contributed by atoms with Crippen LogP contribution in [-0.2, 0) is 10.0 Å². The number of benzene rings is 3. The number of sulfonamides is 1. The molecule has 0 spiro atoms. The van der Waals surface area contributed by atoms with E-state index >= 15 is 0 Å². The van der Waals surface area contributed by atoms with Crippen LogP contribution in [0.1, 0.15) is 35.2 Å². The van der Waals surface area contributed by atoms with E-state index in [0.717, 1.165) is 28.4 Å². The molecule has 0 saturated carbocycles. The van der Waals surface area contributed by atoms with Crippen LogP contribution in [-0.4, -0.2) is 42.9 Å². The highest BCUT2D eigenvalue weighted by molar-refractivity contribution is 9.10. The van der Waals surface area contributed by atoms with Gasteiger partial charge in [-0.15, -0.1) is 0 Å². The summed E-state index contributed by atoms with van der Waals surface area (Å²) in [5.74, 6) is -0.847. The SMILES string of the molecule is O=C(c1ccc(S(=O)(=O)N2CCCCC2)cc1)N(/N=C/c1ccc(F)cc1)c1nc2ccc(Br)cc2s1. The molecule has 0 unspecified atom stereocenters. The second-order valence-electron chi connectivity index (χ2n) is 8.51. The highest BCUT2D eigenvalue weighted by Gasteiger charge is 2.27. The van der Waals surface area contributed by atoms with Crippen LogP contribution >= 0.6 is 27.3 Å². The van der Waals surface area contributed by atoms with E-state index in [0.29, 0.717) is 29.3 Å². The number of thiazole rings is 1. The Bertz CT molecular complexity index is 1570. The van der Waals surface area contributed by atoms with Crippen LogP contribution in [0.25, 0.3) is 10.2 Å². The van der Waals surface area contributed by atoms with Gasteiger partial charge < -0.3 is 0 Å². The first-order chi connectivity index (χ1) is 17.8. The van der Waals surface area contributed by atoms with E-state index in [1.54, 1.807) is 12.1 Å². The van der Waals surface area contributed by atoms with E-state index in [4.69, 9.17) is 0 Å². The molecule has 1 amide bonds. The molecule has 0 atom stereocenters. The van der Waals surface area contributed by atoms with E-state index in [1.807, 2.05) is 18.2 Å². The number of fused-ring (bicyclic) bond motifs is 1. The highest BCUT2D eigenvalue weighted by atomic mass is 79.9. The summed E-state index contributed by atoms with van der Waals surface area (Å²) in [6.07, 6.45) is 4.16. The van der Waals surface area contributed by atoms with Gasteiger partial charge in [0.2, 0.25) is 15.2 Å². The Balaban J connectivity index is 1.47. The zero-order chi connectivity index (χ0) is 26.0. The summed E-state index contributed by atoms with van der Waals surface area (Å²) in [7, 11) is -3.61. The summed E-state index contributed by atoms with van der Waals surface area (Å²) in [4.78, 5) is 18.3. The third-order valence-electron chi connectivity index (χ3n) is 5.96. The molecular weight excluding hydrogens is 579 g/mol. The minimum Gasteiger partial charge on any atom is -0.267 e. The Morgan fingerprint density at radius 1 is 1.03 bits per heavy atom. The predicted molar refractivity (Wildman–Crippen MR) is 147 cm³/mol. The molecule has 0 radical (unpaired) electrons. The molecule has 4 aromatic rings. The summed E-state index contributed by atoms with van der Waals surface area (Å²) in [6.45, 7) is 1.01. The highest BCUT2D eigenvalue weighted by Crippen LogP contribution is 2.32. The van der Waals surface area contributed by atoms with Gasteiger partial charge in [-0.1, -0.05) is 45.8 Å². The van der Waals surface area contributed by atoms with Gasteiger partial charge in [-0.3, -0.25) is 4.79 Å². The van der Waals surface area contributed by atoms with Crippen molar-refractivity contribution >= 4 is 64.8 Å². The lowest BCUT2D eigenvalue weighted by atomic mass is 10.2. The third kappa shape index (κ3) is 5.64. The number of anilines is 1. The lowest BCUT2D eigenvalue weighted by molar-refractivity contribution is 0.0987. The fourth-order valence-corrected chi connectivity index (χ4v) is 6.98. The molecule has 5 rings (SSSR count). The molecular formula is C26H22BrFN4O3S2. The van der Waals surface area contributed by atoms with Crippen molar-refractivity contribution in [1.29, 1.82) is 0 Å². The molecule has 190 valence electrons. The minimum atomic E-state index is -3.61. The Labute approximate surface area is 226 Å². The van der Waals surface area contributed by atoms with Gasteiger partial charge in [0, 0.05) is 23.1 Å². The van der Waals surface area contributed by atoms with Crippen LogP contribution in [0, 0.1) is 5.82 Å². The summed E-state index contributed by atoms with van der Waals surface area (Å²) < 4.78 is 42.6. The minimum absolute atomic E-state index is 0.150. The maximum absolute atomic E-state index is 13.6. The molecule has 11 heteroatoms. The number of aromatic nitrogens is 1. The first kappa shape index (κ1) is 25.7. The van der Waals surface area contributed by atoms with Gasteiger partial charge in [-0.25, -0.2) is 17.8 Å². The molecule has 7 nitrogen and oxygen atoms in total. The van der Waals surface area contributed by atoms with E-state index in [9.17, 15) is 17.6 Å². The zero-order valence-electron chi connectivity index (χ0n) is 19.5. The van der Waals surface area contributed by atoms with E-state index < -0.39 is 15.9 Å². The van der Waals surface area contributed by atoms with Crippen molar-refractivity contribution < 1.29 is 17.6 Å². The molecule has 0 aliphatic carbocycles. The van der Waals surface area contributed by atoms with Crippen LogP contribution in [0.2, 0.25) is 0 Å². The van der Waals surface area contributed by atoms with Crippen LogP contribution in [0.4, 0.5) is 9.52 Å². The second kappa shape index (κ2) is 10.8. The number of amides is 1. The van der Waals surface area contributed by atoms with Crippen LogP contribution in [0.3, 0.4) is 0 Å². The van der Waals surface area contributed by atoms with E-state index in [2.05, 4.69) is 26.0 Å². The van der Waals surface area contributed by atoms with Crippen molar-refractivity contribution in [3.8, 4) is 0 Å².